The van der Waals surface area contributed by atoms with Gasteiger partial charge in [-0.3, -0.25) is 10.1 Å². The van der Waals surface area contributed by atoms with Crippen LogP contribution in [0.5, 0.6) is 11.5 Å². The first-order chi connectivity index (χ1) is 17.2. The highest BCUT2D eigenvalue weighted by Gasteiger charge is 2.26. The van der Waals surface area contributed by atoms with E-state index >= 15 is 0 Å². The lowest BCUT2D eigenvalue weighted by atomic mass is 10.1. The fraction of sp³-hybridized carbons (Fsp3) is 0.120. The van der Waals surface area contributed by atoms with Crippen LogP contribution in [-0.4, -0.2) is 23.4 Å². The molecule has 0 radical (unpaired) electrons. The number of hydrogen-bond acceptors (Lipinski definition) is 7. The minimum absolute atomic E-state index is 0.0215. The first kappa shape index (κ1) is 26.4. The number of esters is 1. The van der Waals surface area contributed by atoms with Crippen LogP contribution in [0.1, 0.15) is 23.6 Å². The molecule has 0 aliphatic carbocycles. The summed E-state index contributed by atoms with van der Waals surface area (Å²) < 4.78 is 19.1. The second-order valence-electron chi connectivity index (χ2n) is 7.44. The van der Waals surface area contributed by atoms with Crippen molar-refractivity contribution in [2.24, 2.45) is 4.99 Å². The summed E-state index contributed by atoms with van der Waals surface area (Å²) in [5.41, 5.74) is 1.70. The predicted octanol–water partition coefficient (Wildman–Crippen LogP) is 6.78. The standard InChI is InChI=1S/C25H17ClI2N2O6/c1-2-34-22-11-15(9-19(28)23(22)35-13-14-3-6-17(27)7-4-14)10-20-25(31)36-24(29-20)16-5-8-18(26)21(12-16)30(32)33/h3-12H,2,13H2,1H3/b20-10-. The van der Waals surface area contributed by atoms with Crippen molar-refractivity contribution in [3.05, 3.63) is 99.3 Å². The van der Waals surface area contributed by atoms with Gasteiger partial charge in [-0.05, 0) is 106 Å². The number of nitrogens with zero attached hydrogens (tertiary/aromatic N) is 2. The maximum absolute atomic E-state index is 12.5. The lowest BCUT2D eigenvalue weighted by Crippen LogP contribution is -2.06. The maximum Gasteiger partial charge on any atom is 0.363 e. The Morgan fingerprint density at radius 3 is 2.56 bits per heavy atom. The van der Waals surface area contributed by atoms with Crippen molar-refractivity contribution in [2.45, 2.75) is 13.5 Å². The number of ether oxygens (including phenoxy) is 3. The molecule has 0 saturated carbocycles. The number of benzene rings is 3. The average molecular weight is 731 g/mol. The van der Waals surface area contributed by atoms with E-state index < -0.39 is 10.9 Å². The first-order valence-corrected chi connectivity index (χ1v) is 13.1. The molecule has 4 rings (SSSR count). The van der Waals surface area contributed by atoms with Gasteiger partial charge in [-0.15, -0.1) is 0 Å². The van der Waals surface area contributed by atoms with Gasteiger partial charge in [0.05, 0.1) is 15.1 Å². The number of aliphatic imine (C=N–C) groups is 1. The van der Waals surface area contributed by atoms with E-state index in [1.165, 1.54) is 18.2 Å². The smallest absolute Gasteiger partial charge is 0.363 e. The number of carbonyl (C=O) groups is 1. The zero-order valence-corrected chi connectivity index (χ0v) is 23.7. The molecular weight excluding hydrogens is 714 g/mol. The summed E-state index contributed by atoms with van der Waals surface area (Å²) in [5, 5.41) is 11.2. The third kappa shape index (κ3) is 6.16. The van der Waals surface area contributed by atoms with Crippen LogP contribution < -0.4 is 9.47 Å². The predicted molar refractivity (Wildman–Crippen MR) is 153 cm³/mol. The molecule has 1 heterocycles. The Labute approximate surface area is 238 Å². The summed E-state index contributed by atoms with van der Waals surface area (Å²) in [7, 11) is 0. The molecule has 1 aliphatic heterocycles. The van der Waals surface area contributed by atoms with E-state index in [-0.39, 0.29) is 27.9 Å². The molecule has 184 valence electrons. The largest absolute Gasteiger partial charge is 0.490 e. The van der Waals surface area contributed by atoms with Crippen molar-refractivity contribution < 1.29 is 23.9 Å². The van der Waals surface area contributed by atoms with E-state index in [1.54, 1.807) is 12.1 Å². The molecule has 0 aromatic heterocycles. The van der Waals surface area contributed by atoms with E-state index in [4.69, 9.17) is 25.8 Å². The van der Waals surface area contributed by atoms with Gasteiger partial charge in [-0.2, -0.15) is 0 Å². The van der Waals surface area contributed by atoms with Crippen LogP contribution in [0.3, 0.4) is 0 Å². The van der Waals surface area contributed by atoms with Crippen molar-refractivity contribution in [2.75, 3.05) is 6.61 Å². The Morgan fingerprint density at radius 1 is 1.11 bits per heavy atom. The van der Waals surface area contributed by atoms with Crippen molar-refractivity contribution >= 4 is 80.4 Å². The number of carbonyl (C=O) groups excluding carboxylic acids is 1. The van der Waals surface area contributed by atoms with Gasteiger partial charge >= 0.3 is 5.97 Å². The molecule has 0 amide bonds. The minimum Gasteiger partial charge on any atom is -0.490 e. The van der Waals surface area contributed by atoms with Crippen LogP contribution in [0.2, 0.25) is 5.02 Å². The molecule has 1 aliphatic rings. The first-order valence-electron chi connectivity index (χ1n) is 10.6. The van der Waals surface area contributed by atoms with Gasteiger partial charge in [-0.1, -0.05) is 23.7 Å². The molecular formula is C25H17ClI2N2O6. The van der Waals surface area contributed by atoms with Crippen LogP contribution in [-0.2, 0) is 16.1 Å². The molecule has 0 fully saturated rings. The Morgan fingerprint density at radius 2 is 1.86 bits per heavy atom. The Bertz CT molecular complexity index is 1410. The molecule has 0 N–H and O–H groups in total. The number of nitro groups is 1. The molecule has 11 heteroatoms. The number of halogens is 3. The second kappa shape index (κ2) is 11.6. The van der Waals surface area contributed by atoms with Gasteiger partial charge < -0.3 is 14.2 Å². The quantitative estimate of drug-likeness (QED) is 0.0834. The average Bonchev–Trinajstić information content (AvgIpc) is 3.20. The van der Waals surface area contributed by atoms with Gasteiger partial charge in [0.1, 0.15) is 11.6 Å². The normalized spacial score (nSPS) is 13.9. The Kier molecular flexibility index (Phi) is 8.46. The topological polar surface area (TPSA) is 100 Å². The highest BCUT2D eigenvalue weighted by atomic mass is 127. The lowest BCUT2D eigenvalue weighted by molar-refractivity contribution is -0.384. The highest BCUT2D eigenvalue weighted by molar-refractivity contribution is 14.1. The molecule has 36 heavy (non-hydrogen) atoms. The van der Waals surface area contributed by atoms with Crippen LogP contribution in [0, 0.1) is 17.3 Å². The highest BCUT2D eigenvalue weighted by Crippen LogP contribution is 2.36. The number of nitro benzene ring substituents is 1. The van der Waals surface area contributed by atoms with Crippen molar-refractivity contribution in [1.82, 2.24) is 0 Å². The van der Waals surface area contributed by atoms with Gasteiger partial charge in [-0.25, -0.2) is 9.79 Å². The van der Waals surface area contributed by atoms with E-state index in [0.29, 0.717) is 30.3 Å². The van der Waals surface area contributed by atoms with Gasteiger partial charge in [0.25, 0.3) is 5.69 Å². The third-order valence-corrected chi connectivity index (χ3v) is 6.78. The molecule has 3 aromatic carbocycles. The van der Waals surface area contributed by atoms with Gasteiger partial charge in [0, 0.05) is 15.2 Å². The molecule has 0 saturated heterocycles. The fourth-order valence-corrected chi connectivity index (χ4v) is 4.61. The van der Waals surface area contributed by atoms with E-state index in [1.807, 2.05) is 37.3 Å². The zero-order chi connectivity index (χ0) is 25.8. The van der Waals surface area contributed by atoms with Crippen LogP contribution in [0.4, 0.5) is 5.69 Å². The number of rotatable bonds is 8. The summed E-state index contributed by atoms with van der Waals surface area (Å²) in [5.74, 6) is 0.424. The SMILES string of the molecule is CCOc1cc(/C=C2\N=C(c3ccc(Cl)c([N+](=O)[O-])c3)OC2=O)cc(I)c1OCc1ccc(I)cc1. The van der Waals surface area contributed by atoms with Crippen LogP contribution in [0.25, 0.3) is 6.08 Å². The third-order valence-electron chi connectivity index (χ3n) is 4.94. The fourth-order valence-electron chi connectivity index (χ4n) is 3.29. The summed E-state index contributed by atoms with van der Waals surface area (Å²) in [6.45, 7) is 2.67. The maximum atomic E-state index is 12.5. The molecule has 0 bridgehead atoms. The summed E-state index contributed by atoms with van der Waals surface area (Å²) >= 11 is 10.3. The van der Waals surface area contributed by atoms with Crippen molar-refractivity contribution in [3.8, 4) is 11.5 Å². The summed E-state index contributed by atoms with van der Waals surface area (Å²) in [6, 6.07) is 15.7. The molecule has 0 spiro atoms. The molecule has 0 unspecified atom stereocenters. The van der Waals surface area contributed by atoms with E-state index in [0.717, 1.165) is 12.7 Å². The molecule has 3 aromatic rings. The zero-order valence-electron chi connectivity index (χ0n) is 18.7. The summed E-state index contributed by atoms with van der Waals surface area (Å²) in [6.07, 6.45) is 1.56. The molecule has 0 atom stereocenters. The second-order valence-corrected chi connectivity index (χ2v) is 10.3. The van der Waals surface area contributed by atoms with Crippen molar-refractivity contribution in [3.63, 3.8) is 0 Å². The Hall–Kier alpha value is -2.71. The van der Waals surface area contributed by atoms with Crippen molar-refractivity contribution in [1.29, 1.82) is 0 Å². The number of cyclic esters (lactones) is 1. The minimum atomic E-state index is -0.672. The number of hydrogen-bond donors (Lipinski definition) is 0. The van der Waals surface area contributed by atoms with Crippen LogP contribution >= 0.6 is 56.8 Å². The Balaban J connectivity index is 1.62. The van der Waals surface area contributed by atoms with E-state index in [9.17, 15) is 14.9 Å². The van der Waals surface area contributed by atoms with Crippen LogP contribution in [0.15, 0.2) is 65.3 Å². The van der Waals surface area contributed by atoms with E-state index in [2.05, 4.69) is 50.2 Å². The molecule has 8 nitrogen and oxygen atoms in total. The monoisotopic (exact) mass is 730 g/mol. The summed E-state index contributed by atoms with van der Waals surface area (Å²) in [4.78, 5) is 27.3. The van der Waals surface area contributed by atoms with Gasteiger partial charge in [0.2, 0.25) is 5.90 Å². The lowest BCUT2D eigenvalue weighted by Gasteiger charge is -2.15. The van der Waals surface area contributed by atoms with Gasteiger partial charge in [0.15, 0.2) is 17.2 Å².